The quantitative estimate of drug-likeness (QED) is 0.919. The van der Waals surface area contributed by atoms with Gasteiger partial charge < -0.3 is 10.2 Å². The molecule has 0 saturated carbocycles. The summed E-state index contributed by atoms with van der Waals surface area (Å²) in [5, 5.41) is 12.1. The maximum atomic E-state index is 12.1. The molecule has 0 aliphatic carbocycles. The average Bonchev–Trinajstić information content (AvgIpc) is 2.53. The third-order valence-corrected chi connectivity index (χ3v) is 3.85. The van der Waals surface area contributed by atoms with Crippen molar-refractivity contribution < 1.29 is 4.79 Å². The third kappa shape index (κ3) is 3.72. The van der Waals surface area contributed by atoms with Crippen LogP contribution in [0.15, 0.2) is 12.1 Å². The van der Waals surface area contributed by atoms with E-state index in [1.165, 1.54) is 0 Å². The average molecular weight is 286 g/mol. The molecule has 1 saturated heterocycles. The van der Waals surface area contributed by atoms with E-state index in [0.29, 0.717) is 12.2 Å². The van der Waals surface area contributed by atoms with Crippen molar-refractivity contribution in [3.63, 3.8) is 0 Å². The largest absolute Gasteiger partial charge is 0.356 e. The summed E-state index contributed by atoms with van der Waals surface area (Å²) in [6.45, 7) is 6.23. The van der Waals surface area contributed by atoms with Crippen LogP contribution in [-0.4, -0.2) is 30.5 Å². The van der Waals surface area contributed by atoms with Crippen LogP contribution in [0.3, 0.4) is 0 Å². The molecule has 0 spiro atoms. The number of aryl methyl sites for hydroxylation is 1. The Morgan fingerprint density at radius 2 is 2.38 bits per heavy atom. The second kappa shape index (κ2) is 7.07. The first-order valence-electron chi connectivity index (χ1n) is 7.56. The number of carbonyl (C=O) groups excluding carboxylic acids is 1. The van der Waals surface area contributed by atoms with Crippen LogP contribution in [0.4, 0.5) is 5.82 Å². The van der Waals surface area contributed by atoms with Gasteiger partial charge in [0.05, 0.1) is 5.92 Å². The van der Waals surface area contributed by atoms with Crippen LogP contribution in [0, 0.1) is 24.2 Å². The van der Waals surface area contributed by atoms with Gasteiger partial charge in [-0.05, 0) is 37.8 Å². The summed E-state index contributed by atoms with van der Waals surface area (Å²) >= 11 is 0. The van der Waals surface area contributed by atoms with Gasteiger partial charge in [0, 0.05) is 19.6 Å². The highest BCUT2D eigenvalue weighted by molar-refractivity contribution is 5.79. The van der Waals surface area contributed by atoms with Gasteiger partial charge in [-0.25, -0.2) is 4.98 Å². The molecule has 2 rings (SSSR count). The predicted octanol–water partition coefficient (Wildman–Crippen LogP) is 2.00. The Balaban J connectivity index is 2.07. The minimum Gasteiger partial charge on any atom is -0.356 e. The number of anilines is 1. The van der Waals surface area contributed by atoms with Gasteiger partial charge in [-0.15, -0.1) is 0 Å². The molecule has 5 nitrogen and oxygen atoms in total. The lowest BCUT2D eigenvalue weighted by Crippen LogP contribution is -2.43. The summed E-state index contributed by atoms with van der Waals surface area (Å²) < 4.78 is 0. The van der Waals surface area contributed by atoms with Crippen molar-refractivity contribution in [1.29, 1.82) is 5.26 Å². The Kier molecular flexibility index (Phi) is 5.15. The summed E-state index contributed by atoms with van der Waals surface area (Å²) in [6, 6.07) is 5.97. The van der Waals surface area contributed by atoms with E-state index < -0.39 is 0 Å². The van der Waals surface area contributed by atoms with E-state index in [1.54, 1.807) is 0 Å². The molecule has 1 N–H and O–H groups in total. The second-order valence-corrected chi connectivity index (χ2v) is 5.52. The van der Waals surface area contributed by atoms with Crippen molar-refractivity contribution >= 4 is 11.7 Å². The van der Waals surface area contributed by atoms with E-state index in [2.05, 4.69) is 21.3 Å². The molecule has 112 valence electrons. The van der Waals surface area contributed by atoms with Crippen molar-refractivity contribution in [2.75, 3.05) is 24.5 Å². The van der Waals surface area contributed by atoms with Crippen molar-refractivity contribution in [1.82, 2.24) is 10.3 Å². The summed E-state index contributed by atoms with van der Waals surface area (Å²) in [5.74, 6) is 0.943. The number of nitrogens with zero attached hydrogens (tertiary/aromatic N) is 3. The van der Waals surface area contributed by atoms with E-state index >= 15 is 0 Å². The van der Waals surface area contributed by atoms with Gasteiger partial charge in [0.1, 0.15) is 17.6 Å². The molecule has 21 heavy (non-hydrogen) atoms. The predicted molar refractivity (Wildman–Crippen MR) is 81.9 cm³/mol. The Hall–Kier alpha value is -2.09. The SMILES string of the molecule is CCCNC(=O)C1CCCN(c2ccc(C)c(C#N)n2)C1. The van der Waals surface area contributed by atoms with Crippen LogP contribution in [0.25, 0.3) is 0 Å². The van der Waals surface area contributed by atoms with Crippen LogP contribution >= 0.6 is 0 Å². The molecule has 1 aliphatic rings. The fourth-order valence-electron chi connectivity index (χ4n) is 2.60. The van der Waals surface area contributed by atoms with Crippen LogP contribution in [0.1, 0.15) is 37.4 Å². The molecule has 1 aliphatic heterocycles. The summed E-state index contributed by atoms with van der Waals surface area (Å²) in [7, 11) is 0. The summed E-state index contributed by atoms with van der Waals surface area (Å²) in [4.78, 5) is 18.6. The molecule has 1 fully saturated rings. The molecule has 1 atom stereocenters. The maximum absolute atomic E-state index is 12.1. The van der Waals surface area contributed by atoms with Crippen molar-refractivity contribution in [3.05, 3.63) is 23.4 Å². The van der Waals surface area contributed by atoms with Crippen LogP contribution in [0.2, 0.25) is 0 Å². The Morgan fingerprint density at radius 3 is 3.10 bits per heavy atom. The van der Waals surface area contributed by atoms with Crippen molar-refractivity contribution in [2.24, 2.45) is 5.92 Å². The van der Waals surface area contributed by atoms with Gasteiger partial charge in [0.25, 0.3) is 0 Å². The monoisotopic (exact) mass is 286 g/mol. The first-order chi connectivity index (χ1) is 10.2. The van der Waals surface area contributed by atoms with Gasteiger partial charge in [0.15, 0.2) is 0 Å². The van der Waals surface area contributed by atoms with Gasteiger partial charge >= 0.3 is 0 Å². The molecular weight excluding hydrogens is 264 g/mol. The van der Waals surface area contributed by atoms with Gasteiger partial charge in [-0.1, -0.05) is 13.0 Å². The van der Waals surface area contributed by atoms with Gasteiger partial charge in [-0.2, -0.15) is 5.26 Å². The molecule has 0 radical (unpaired) electrons. The number of piperidine rings is 1. The lowest BCUT2D eigenvalue weighted by molar-refractivity contribution is -0.125. The summed E-state index contributed by atoms with van der Waals surface area (Å²) in [6.07, 6.45) is 2.85. The molecule has 1 aromatic rings. The van der Waals surface area contributed by atoms with E-state index in [1.807, 2.05) is 26.0 Å². The van der Waals surface area contributed by atoms with Gasteiger partial charge in [-0.3, -0.25) is 4.79 Å². The van der Waals surface area contributed by atoms with E-state index in [4.69, 9.17) is 5.26 Å². The van der Waals surface area contributed by atoms with Crippen LogP contribution in [-0.2, 0) is 4.79 Å². The number of hydrogen-bond acceptors (Lipinski definition) is 4. The lowest BCUT2D eigenvalue weighted by atomic mass is 9.97. The zero-order chi connectivity index (χ0) is 15.2. The number of nitriles is 1. The highest BCUT2D eigenvalue weighted by Crippen LogP contribution is 2.22. The first-order valence-corrected chi connectivity index (χ1v) is 7.56. The molecule has 1 aromatic heterocycles. The molecule has 2 heterocycles. The molecule has 0 bridgehead atoms. The number of pyridine rings is 1. The first kappa shape index (κ1) is 15.3. The lowest BCUT2D eigenvalue weighted by Gasteiger charge is -2.33. The molecular formula is C16H22N4O. The van der Waals surface area contributed by atoms with Crippen LogP contribution in [0.5, 0.6) is 0 Å². The molecule has 5 heteroatoms. The van der Waals surface area contributed by atoms with Crippen molar-refractivity contribution in [2.45, 2.75) is 33.1 Å². The van der Waals surface area contributed by atoms with E-state index in [9.17, 15) is 4.79 Å². The van der Waals surface area contributed by atoms with Crippen molar-refractivity contribution in [3.8, 4) is 6.07 Å². The topological polar surface area (TPSA) is 69.0 Å². The molecule has 0 aromatic carbocycles. The van der Waals surface area contributed by atoms with Crippen LogP contribution < -0.4 is 10.2 Å². The fraction of sp³-hybridized carbons (Fsp3) is 0.562. The number of rotatable bonds is 4. The number of nitrogens with one attached hydrogen (secondary N) is 1. The standard InChI is InChI=1S/C16H22N4O/c1-3-8-18-16(21)13-5-4-9-20(11-13)15-7-6-12(2)14(10-17)19-15/h6-7,13H,3-5,8-9,11H2,1-2H3,(H,18,21). The Bertz CT molecular complexity index is 550. The smallest absolute Gasteiger partial charge is 0.224 e. The van der Waals surface area contributed by atoms with E-state index in [-0.39, 0.29) is 11.8 Å². The number of amides is 1. The minimum atomic E-state index is 0.0129. The fourth-order valence-corrected chi connectivity index (χ4v) is 2.60. The Labute approximate surface area is 126 Å². The third-order valence-electron chi connectivity index (χ3n) is 3.85. The zero-order valence-corrected chi connectivity index (χ0v) is 12.7. The normalized spacial score (nSPS) is 18.1. The van der Waals surface area contributed by atoms with Gasteiger partial charge in [0.2, 0.25) is 5.91 Å². The minimum absolute atomic E-state index is 0.0129. The molecule has 1 amide bonds. The molecule has 1 unspecified atom stereocenters. The number of aromatic nitrogens is 1. The maximum Gasteiger partial charge on any atom is 0.224 e. The van der Waals surface area contributed by atoms with E-state index in [0.717, 1.165) is 43.7 Å². The Morgan fingerprint density at radius 1 is 1.57 bits per heavy atom. The second-order valence-electron chi connectivity index (χ2n) is 5.52. The zero-order valence-electron chi connectivity index (χ0n) is 12.7. The number of carbonyl (C=O) groups is 1. The highest BCUT2D eigenvalue weighted by atomic mass is 16.1. The summed E-state index contributed by atoms with van der Waals surface area (Å²) in [5.41, 5.74) is 1.35. The highest BCUT2D eigenvalue weighted by Gasteiger charge is 2.26. The number of hydrogen-bond donors (Lipinski definition) is 1.